The van der Waals surface area contributed by atoms with Crippen molar-refractivity contribution in [3.05, 3.63) is 72.3 Å². The molecule has 3 aromatic carbocycles. The molecule has 2 aromatic heterocycles. The highest BCUT2D eigenvalue weighted by Gasteiger charge is 2.55. The number of amides is 2. The first kappa shape index (κ1) is 25.1. The molecule has 5 aromatic rings. The maximum atomic E-state index is 13.8. The fourth-order valence-electron chi connectivity index (χ4n) is 7.53. The van der Waals surface area contributed by atoms with Crippen LogP contribution in [0.15, 0.2) is 61.2 Å². The van der Waals surface area contributed by atoms with E-state index in [1.807, 2.05) is 31.2 Å². The number of nitrogens with zero attached hydrogens (tertiary/aromatic N) is 2. The number of fused-ring (bicyclic) bond motifs is 13. The Kier molecular flexibility index (Phi) is 5.34. The fourth-order valence-corrected chi connectivity index (χ4v) is 7.53. The first-order chi connectivity index (χ1) is 20.4. The number of hydrogen-bond donors (Lipinski definition) is 2. The molecule has 0 spiro atoms. The number of esters is 1. The van der Waals surface area contributed by atoms with Crippen LogP contribution in [-0.4, -0.2) is 40.1 Å². The molecule has 0 aliphatic carbocycles. The molecule has 42 heavy (non-hydrogen) atoms. The maximum Gasteiger partial charge on any atom is 0.314 e. The van der Waals surface area contributed by atoms with E-state index in [1.54, 1.807) is 0 Å². The lowest BCUT2D eigenvalue weighted by molar-refractivity contribution is -0.164. The van der Waals surface area contributed by atoms with Gasteiger partial charge in [-0.1, -0.05) is 43.0 Å². The summed E-state index contributed by atoms with van der Waals surface area (Å²) in [6.07, 6.45) is 2.58. The van der Waals surface area contributed by atoms with Gasteiger partial charge in [-0.15, -0.1) is 0 Å². The van der Waals surface area contributed by atoms with Crippen molar-refractivity contribution in [2.24, 2.45) is 5.92 Å². The van der Waals surface area contributed by atoms with E-state index < -0.39 is 17.9 Å². The van der Waals surface area contributed by atoms with E-state index in [9.17, 15) is 14.4 Å². The summed E-state index contributed by atoms with van der Waals surface area (Å²) in [4.78, 5) is 38.5. The van der Waals surface area contributed by atoms with Crippen LogP contribution in [0, 0.1) is 5.92 Å². The summed E-state index contributed by atoms with van der Waals surface area (Å²) in [6, 6.07) is 16.3. The molecule has 5 heterocycles. The van der Waals surface area contributed by atoms with Crippen LogP contribution < -0.4 is 10.6 Å². The predicted molar refractivity (Wildman–Crippen MR) is 159 cm³/mol. The number of aromatic nitrogens is 2. The number of ether oxygens (including phenoxy) is 2. The van der Waals surface area contributed by atoms with Crippen molar-refractivity contribution >= 4 is 61.4 Å². The molecule has 9 heteroatoms. The zero-order valence-electron chi connectivity index (χ0n) is 23.2. The van der Waals surface area contributed by atoms with Gasteiger partial charge in [-0.05, 0) is 43.5 Å². The standard InChI is InChI=1S/C33H30N4O5/c1-3-24(38)34-14-8-9-15-41-32(40)21-16-25-36-22-12-6-4-10-18(22)27-28-20(17-35-31(28)39)26-19-11-5-7-13-23(19)37(30(26)29(27)36)33(21,2)42-25/h3-7,10-13,21,25H,1,8-9,14-17H2,2H3,(H,34,38)(H,35,39). The molecule has 212 valence electrons. The largest absolute Gasteiger partial charge is 0.465 e. The quantitative estimate of drug-likeness (QED) is 0.165. The van der Waals surface area contributed by atoms with Crippen molar-refractivity contribution in [3.8, 4) is 0 Å². The molecule has 2 bridgehead atoms. The normalized spacial score (nSPS) is 22.2. The Labute approximate surface area is 241 Å². The smallest absolute Gasteiger partial charge is 0.314 e. The zero-order valence-corrected chi connectivity index (χ0v) is 23.2. The molecular formula is C33H30N4O5. The molecule has 9 nitrogen and oxygen atoms in total. The van der Waals surface area contributed by atoms with Crippen LogP contribution in [0.25, 0.3) is 43.6 Å². The number of benzene rings is 3. The number of nitrogens with one attached hydrogen (secondary N) is 2. The fraction of sp³-hybridized carbons (Fsp3) is 0.303. The summed E-state index contributed by atoms with van der Waals surface area (Å²) in [5.41, 5.74) is 4.60. The molecule has 8 rings (SSSR count). The summed E-state index contributed by atoms with van der Waals surface area (Å²) >= 11 is 0. The van der Waals surface area contributed by atoms with Gasteiger partial charge in [0.25, 0.3) is 5.91 Å². The van der Waals surface area contributed by atoms with Gasteiger partial charge in [-0.2, -0.15) is 0 Å². The van der Waals surface area contributed by atoms with Crippen LogP contribution in [0.1, 0.15) is 48.3 Å². The first-order valence-corrected chi connectivity index (χ1v) is 14.5. The van der Waals surface area contributed by atoms with E-state index in [0.717, 1.165) is 54.7 Å². The van der Waals surface area contributed by atoms with Gasteiger partial charge >= 0.3 is 5.97 Å². The second-order valence-corrected chi connectivity index (χ2v) is 11.5. The number of carbonyl (C=O) groups excluding carboxylic acids is 3. The van der Waals surface area contributed by atoms with E-state index in [0.29, 0.717) is 32.4 Å². The Balaban J connectivity index is 1.30. The topological polar surface area (TPSA) is 104 Å². The monoisotopic (exact) mass is 562 g/mol. The first-order valence-electron chi connectivity index (χ1n) is 14.5. The number of unbranched alkanes of at least 4 members (excludes halogenated alkanes) is 1. The van der Waals surface area contributed by atoms with E-state index >= 15 is 0 Å². The van der Waals surface area contributed by atoms with Gasteiger partial charge in [0.15, 0.2) is 5.72 Å². The molecule has 0 saturated carbocycles. The second kappa shape index (κ2) is 8.93. The Morgan fingerprint density at radius 3 is 2.62 bits per heavy atom. The third-order valence-electron chi connectivity index (χ3n) is 9.29. The van der Waals surface area contributed by atoms with E-state index in [-0.39, 0.29) is 24.4 Å². The van der Waals surface area contributed by atoms with E-state index in [4.69, 9.17) is 9.47 Å². The van der Waals surface area contributed by atoms with Crippen molar-refractivity contribution in [2.45, 2.75) is 44.7 Å². The highest BCUT2D eigenvalue weighted by atomic mass is 16.6. The zero-order chi connectivity index (χ0) is 28.7. The van der Waals surface area contributed by atoms with Crippen molar-refractivity contribution in [1.82, 2.24) is 19.8 Å². The molecule has 3 unspecified atom stereocenters. The summed E-state index contributed by atoms with van der Waals surface area (Å²) in [6.45, 7) is 6.66. The summed E-state index contributed by atoms with van der Waals surface area (Å²) < 4.78 is 17.2. The van der Waals surface area contributed by atoms with Crippen molar-refractivity contribution in [1.29, 1.82) is 0 Å². The van der Waals surface area contributed by atoms with Gasteiger partial charge in [0.05, 0.1) is 34.2 Å². The molecule has 1 saturated heterocycles. The van der Waals surface area contributed by atoms with E-state index in [1.165, 1.54) is 6.08 Å². The van der Waals surface area contributed by atoms with E-state index in [2.05, 4.69) is 50.6 Å². The average Bonchev–Trinajstić information content (AvgIpc) is 3.72. The Morgan fingerprint density at radius 1 is 1.10 bits per heavy atom. The third-order valence-corrected chi connectivity index (χ3v) is 9.29. The minimum Gasteiger partial charge on any atom is -0.465 e. The Hall–Kier alpha value is -4.63. The summed E-state index contributed by atoms with van der Waals surface area (Å²) in [5.74, 6) is -1.12. The van der Waals surface area contributed by atoms with Crippen LogP contribution in [0.3, 0.4) is 0 Å². The maximum absolute atomic E-state index is 13.8. The van der Waals surface area contributed by atoms with Crippen LogP contribution in [0.5, 0.6) is 0 Å². The average molecular weight is 563 g/mol. The van der Waals surface area contributed by atoms with Crippen molar-refractivity contribution in [3.63, 3.8) is 0 Å². The van der Waals surface area contributed by atoms with Gasteiger partial charge in [0, 0.05) is 41.1 Å². The lowest BCUT2D eigenvalue weighted by atomic mass is 9.93. The molecule has 2 N–H and O–H groups in total. The third kappa shape index (κ3) is 3.19. The number of rotatable bonds is 7. The van der Waals surface area contributed by atoms with Crippen LogP contribution in [0.2, 0.25) is 0 Å². The molecule has 1 fully saturated rings. The molecule has 3 atom stereocenters. The minimum absolute atomic E-state index is 0.0568. The Morgan fingerprint density at radius 2 is 1.83 bits per heavy atom. The molecule has 3 aliphatic rings. The molecule has 2 amide bonds. The lowest BCUT2D eigenvalue weighted by Gasteiger charge is -2.32. The van der Waals surface area contributed by atoms with Gasteiger partial charge in [-0.3, -0.25) is 14.4 Å². The highest BCUT2D eigenvalue weighted by molar-refractivity contribution is 6.31. The van der Waals surface area contributed by atoms with Crippen molar-refractivity contribution in [2.75, 3.05) is 13.2 Å². The summed E-state index contributed by atoms with van der Waals surface area (Å²) in [5, 5.41) is 9.83. The highest BCUT2D eigenvalue weighted by Crippen LogP contribution is 2.56. The number of hydrogen-bond acceptors (Lipinski definition) is 5. The van der Waals surface area contributed by atoms with Crippen LogP contribution in [-0.2, 0) is 31.3 Å². The van der Waals surface area contributed by atoms with Crippen molar-refractivity contribution < 1.29 is 23.9 Å². The molecule has 0 radical (unpaired) electrons. The van der Waals surface area contributed by atoms with Gasteiger partial charge in [0.2, 0.25) is 5.91 Å². The second-order valence-electron chi connectivity index (χ2n) is 11.5. The SMILES string of the molecule is C=CC(=O)NCCCCOC(=O)C1CC2OC1(C)n1c3ccccc3c3c4c(c5c6ccccc6n2c5c31)C(=O)NC4. The summed E-state index contributed by atoms with van der Waals surface area (Å²) in [7, 11) is 0. The van der Waals surface area contributed by atoms with Gasteiger partial charge < -0.3 is 29.2 Å². The van der Waals surface area contributed by atoms with Crippen LogP contribution in [0.4, 0.5) is 0 Å². The molecular weight excluding hydrogens is 532 g/mol. The number of para-hydroxylation sites is 2. The van der Waals surface area contributed by atoms with Crippen LogP contribution >= 0.6 is 0 Å². The lowest BCUT2D eigenvalue weighted by Crippen LogP contribution is -2.40. The molecule has 3 aliphatic heterocycles. The van der Waals surface area contributed by atoms with Gasteiger partial charge in [0.1, 0.15) is 12.1 Å². The predicted octanol–water partition coefficient (Wildman–Crippen LogP) is 4.99. The Bertz CT molecular complexity index is 2020. The number of carbonyl (C=O) groups is 3. The van der Waals surface area contributed by atoms with Gasteiger partial charge in [-0.25, -0.2) is 0 Å². The minimum atomic E-state index is -1.02.